The lowest BCUT2D eigenvalue weighted by Crippen LogP contribution is -2.39. The number of rotatable bonds is 3. The molecule has 0 amide bonds. The van der Waals surface area contributed by atoms with Gasteiger partial charge < -0.3 is 8.75 Å². The first-order valence-corrected chi connectivity index (χ1v) is 7.48. The van der Waals surface area contributed by atoms with E-state index >= 15 is 0 Å². The predicted octanol–water partition coefficient (Wildman–Crippen LogP) is 0.505. The summed E-state index contributed by atoms with van der Waals surface area (Å²) in [7, 11) is -1.83. The van der Waals surface area contributed by atoms with Gasteiger partial charge >= 0.3 is 15.8 Å². The van der Waals surface area contributed by atoms with Gasteiger partial charge in [-0.15, -0.1) is 0 Å². The standard InChI is InChI=1S/C12H11ClN2O5S/c1-14-7-10(11(16)15(2)12(14)17)21(18,19)20-9-5-3-8(13)4-6-9/h3-7H,1-2H3. The van der Waals surface area contributed by atoms with Crippen molar-refractivity contribution in [1.82, 2.24) is 9.13 Å². The Labute approximate surface area is 125 Å². The number of halogens is 1. The SMILES string of the molecule is Cn1cc(S(=O)(=O)Oc2ccc(Cl)cc2)c(=O)n(C)c1=O. The molecule has 0 bridgehead atoms. The molecule has 0 fully saturated rings. The lowest BCUT2D eigenvalue weighted by Gasteiger charge is -2.09. The molecule has 0 atom stereocenters. The van der Waals surface area contributed by atoms with Gasteiger partial charge in [0.1, 0.15) is 5.75 Å². The second kappa shape index (κ2) is 5.38. The van der Waals surface area contributed by atoms with Crippen molar-refractivity contribution >= 4 is 21.7 Å². The number of hydrogen-bond donors (Lipinski definition) is 0. The first-order chi connectivity index (χ1) is 9.72. The van der Waals surface area contributed by atoms with Crippen LogP contribution in [-0.2, 0) is 24.2 Å². The normalized spacial score (nSPS) is 11.4. The Morgan fingerprint density at radius 1 is 1.10 bits per heavy atom. The van der Waals surface area contributed by atoms with E-state index in [-0.39, 0.29) is 5.75 Å². The maximum atomic E-state index is 12.1. The minimum absolute atomic E-state index is 0.00954. The maximum absolute atomic E-state index is 12.1. The van der Waals surface area contributed by atoms with Crippen molar-refractivity contribution in [2.45, 2.75) is 4.90 Å². The molecule has 0 spiro atoms. The van der Waals surface area contributed by atoms with Crippen LogP contribution in [0.4, 0.5) is 0 Å². The smallest absolute Gasteiger partial charge is 0.346 e. The number of hydrogen-bond acceptors (Lipinski definition) is 5. The molecule has 9 heteroatoms. The van der Waals surface area contributed by atoms with E-state index in [4.69, 9.17) is 15.8 Å². The second-order valence-electron chi connectivity index (χ2n) is 4.24. The highest BCUT2D eigenvalue weighted by molar-refractivity contribution is 7.87. The van der Waals surface area contributed by atoms with Crippen molar-refractivity contribution in [2.75, 3.05) is 0 Å². The number of aryl methyl sites for hydroxylation is 1. The average Bonchev–Trinajstić information content (AvgIpc) is 2.42. The van der Waals surface area contributed by atoms with Gasteiger partial charge in [-0.2, -0.15) is 8.42 Å². The van der Waals surface area contributed by atoms with Crippen molar-refractivity contribution < 1.29 is 12.6 Å². The zero-order valence-corrected chi connectivity index (χ0v) is 12.7. The van der Waals surface area contributed by atoms with E-state index < -0.39 is 26.3 Å². The van der Waals surface area contributed by atoms with Crippen LogP contribution in [0, 0.1) is 0 Å². The molecule has 21 heavy (non-hydrogen) atoms. The molecule has 1 aromatic carbocycles. The summed E-state index contributed by atoms with van der Waals surface area (Å²) in [5.41, 5.74) is -1.59. The fraction of sp³-hybridized carbons (Fsp3) is 0.167. The first kappa shape index (κ1) is 15.3. The third-order valence-corrected chi connectivity index (χ3v) is 4.19. The zero-order valence-electron chi connectivity index (χ0n) is 11.1. The molecular weight excluding hydrogens is 320 g/mol. The molecule has 1 heterocycles. The van der Waals surface area contributed by atoms with Gasteiger partial charge in [0.25, 0.3) is 5.56 Å². The number of benzene rings is 1. The van der Waals surface area contributed by atoms with Crippen LogP contribution < -0.4 is 15.4 Å². The second-order valence-corrected chi connectivity index (χ2v) is 6.19. The van der Waals surface area contributed by atoms with Gasteiger partial charge in [-0.1, -0.05) is 11.6 Å². The number of nitrogens with zero attached hydrogens (tertiary/aromatic N) is 2. The van der Waals surface area contributed by atoms with Gasteiger partial charge in [-0.05, 0) is 24.3 Å². The zero-order chi connectivity index (χ0) is 15.8. The van der Waals surface area contributed by atoms with Crippen LogP contribution in [0.15, 0.2) is 44.9 Å². The van der Waals surface area contributed by atoms with Gasteiger partial charge in [0.05, 0.1) is 0 Å². The largest absolute Gasteiger partial charge is 0.379 e. The summed E-state index contributed by atoms with van der Waals surface area (Å²) in [6.07, 6.45) is 0.927. The average molecular weight is 331 g/mol. The van der Waals surface area contributed by atoms with E-state index in [1.54, 1.807) is 0 Å². The third kappa shape index (κ3) is 3.01. The molecule has 0 aliphatic carbocycles. The summed E-state index contributed by atoms with van der Waals surface area (Å²) in [5.74, 6) is 0.00954. The van der Waals surface area contributed by atoms with Gasteiger partial charge in [0.15, 0.2) is 4.90 Å². The Balaban J connectivity index is 2.53. The minimum atomic E-state index is -4.35. The topological polar surface area (TPSA) is 87.4 Å². The van der Waals surface area contributed by atoms with Crippen LogP contribution in [0.3, 0.4) is 0 Å². The predicted molar refractivity (Wildman–Crippen MR) is 76.2 cm³/mol. The highest BCUT2D eigenvalue weighted by Gasteiger charge is 2.23. The Bertz CT molecular complexity index is 897. The molecule has 0 aliphatic rings. The van der Waals surface area contributed by atoms with Crippen molar-refractivity contribution in [3.8, 4) is 5.75 Å². The van der Waals surface area contributed by atoms with Crippen molar-refractivity contribution in [1.29, 1.82) is 0 Å². The minimum Gasteiger partial charge on any atom is -0.379 e. The molecule has 0 saturated carbocycles. The van der Waals surface area contributed by atoms with Crippen LogP contribution in [0.1, 0.15) is 0 Å². The lowest BCUT2D eigenvalue weighted by molar-refractivity contribution is 0.480. The van der Waals surface area contributed by atoms with Gasteiger partial charge in [-0.25, -0.2) is 4.79 Å². The fourth-order valence-corrected chi connectivity index (χ4v) is 2.83. The molecular formula is C12H11ClN2O5S. The van der Waals surface area contributed by atoms with E-state index in [9.17, 15) is 18.0 Å². The van der Waals surface area contributed by atoms with E-state index in [1.165, 1.54) is 38.4 Å². The van der Waals surface area contributed by atoms with E-state index in [1.807, 2.05) is 0 Å². The van der Waals surface area contributed by atoms with Crippen molar-refractivity contribution in [3.05, 3.63) is 56.3 Å². The molecule has 0 unspecified atom stereocenters. The molecule has 0 radical (unpaired) electrons. The molecule has 2 aromatic rings. The summed E-state index contributed by atoms with van der Waals surface area (Å²) >= 11 is 5.69. The van der Waals surface area contributed by atoms with Crippen LogP contribution in [0.2, 0.25) is 5.02 Å². The van der Waals surface area contributed by atoms with Crippen molar-refractivity contribution in [3.63, 3.8) is 0 Å². The highest BCUT2D eigenvalue weighted by Crippen LogP contribution is 2.19. The summed E-state index contributed by atoms with van der Waals surface area (Å²) in [6.45, 7) is 0. The Morgan fingerprint density at radius 3 is 2.24 bits per heavy atom. The summed E-state index contributed by atoms with van der Waals surface area (Å²) in [6, 6.07) is 5.61. The van der Waals surface area contributed by atoms with Crippen LogP contribution in [0.25, 0.3) is 0 Å². The molecule has 1 aromatic heterocycles. The van der Waals surface area contributed by atoms with E-state index in [0.29, 0.717) is 9.59 Å². The van der Waals surface area contributed by atoms with Gasteiger partial charge in [0, 0.05) is 25.3 Å². The lowest BCUT2D eigenvalue weighted by atomic mass is 10.3. The molecule has 2 rings (SSSR count). The Hall–Kier alpha value is -2.06. The maximum Gasteiger partial charge on any atom is 0.346 e. The first-order valence-electron chi connectivity index (χ1n) is 5.69. The van der Waals surface area contributed by atoms with Gasteiger partial charge in [-0.3, -0.25) is 9.36 Å². The van der Waals surface area contributed by atoms with E-state index in [2.05, 4.69) is 0 Å². The quantitative estimate of drug-likeness (QED) is 0.765. The Morgan fingerprint density at radius 2 is 1.67 bits per heavy atom. The molecule has 0 N–H and O–H groups in total. The van der Waals surface area contributed by atoms with E-state index in [0.717, 1.165) is 10.8 Å². The fourth-order valence-electron chi connectivity index (χ4n) is 1.61. The monoisotopic (exact) mass is 330 g/mol. The van der Waals surface area contributed by atoms with Crippen LogP contribution >= 0.6 is 11.6 Å². The third-order valence-electron chi connectivity index (χ3n) is 2.70. The van der Waals surface area contributed by atoms with Crippen molar-refractivity contribution in [2.24, 2.45) is 14.1 Å². The Kier molecular flexibility index (Phi) is 3.93. The molecule has 7 nitrogen and oxygen atoms in total. The van der Waals surface area contributed by atoms with Crippen LogP contribution in [0.5, 0.6) is 5.75 Å². The summed E-state index contributed by atoms with van der Waals surface area (Å²) in [4.78, 5) is 22.8. The number of aromatic nitrogens is 2. The summed E-state index contributed by atoms with van der Waals surface area (Å²) < 4.78 is 30.8. The summed E-state index contributed by atoms with van der Waals surface area (Å²) in [5, 5.41) is 0.415. The van der Waals surface area contributed by atoms with Gasteiger partial charge in [0.2, 0.25) is 0 Å². The molecule has 0 aliphatic heterocycles. The molecule has 112 valence electrons. The molecule has 0 saturated heterocycles. The van der Waals surface area contributed by atoms with Crippen LogP contribution in [-0.4, -0.2) is 17.6 Å². The highest BCUT2D eigenvalue weighted by atomic mass is 35.5.